The molecule has 18 nitrogen and oxygen atoms in total. The number of nitrogens with two attached hydrogens (primary N) is 1. The summed E-state index contributed by atoms with van der Waals surface area (Å²) in [5.74, 6) is 3.24. The summed E-state index contributed by atoms with van der Waals surface area (Å²) in [6, 6.07) is 10.7. The molecule has 2 aromatic rings. The highest BCUT2D eigenvalue weighted by Gasteiger charge is 2.28. The number of rotatable bonds is 22. The number of pyridine rings is 1. The van der Waals surface area contributed by atoms with Gasteiger partial charge in [0, 0.05) is 56.1 Å². The van der Waals surface area contributed by atoms with Crippen molar-refractivity contribution in [3.05, 3.63) is 58.9 Å². The smallest absolute Gasteiger partial charge is 0.320 e. The highest BCUT2D eigenvalue weighted by molar-refractivity contribution is 5.76. The van der Waals surface area contributed by atoms with E-state index in [0.717, 1.165) is 0 Å². The minimum Gasteiger partial charge on any atom is -0.459 e. The normalized spacial score (nSPS) is 12.6. The molecule has 0 unspecified atom stereocenters. The average molecular weight is 1020 g/mol. The molecular formula is C55H86N6O12. The molecule has 0 bridgehead atoms. The van der Waals surface area contributed by atoms with Crippen LogP contribution >= 0.6 is 0 Å². The third kappa shape index (κ3) is 31.6. The van der Waals surface area contributed by atoms with E-state index in [4.69, 9.17) is 39.1 Å². The monoisotopic (exact) mass is 1020 g/mol. The highest BCUT2D eigenvalue weighted by atomic mass is 16.6. The van der Waals surface area contributed by atoms with Crippen molar-refractivity contribution in [1.29, 1.82) is 0 Å². The molecule has 0 amide bonds. The Morgan fingerprint density at radius 2 is 0.630 bits per heavy atom. The third-order valence-electron chi connectivity index (χ3n) is 9.07. The number of esters is 6. The first-order chi connectivity index (χ1) is 33.2. The molecule has 0 aliphatic heterocycles. The van der Waals surface area contributed by atoms with Crippen LogP contribution in [0.5, 0.6) is 0 Å². The number of nitrogens with zero attached hydrogens (tertiary/aromatic N) is 5. The van der Waals surface area contributed by atoms with Crippen LogP contribution in [-0.4, -0.2) is 159 Å². The molecule has 0 aliphatic rings. The highest BCUT2D eigenvalue weighted by Crippen LogP contribution is 2.17. The van der Waals surface area contributed by atoms with Gasteiger partial charge in [-0.1, -0.05) is 11.8 Å². The van der Waals surface area contributed by atoms with Crippen LogP contribution in [0, 0.1) is 11.8 Å². The minimum absolute atomic E-state index is 0.0853. The Bertz CT molecular complexity index is 2050. The molecule has 0 aliphatic carbocycles. The fourth-order valence-electron chi connectivity index (χ4n) is 6.81. The van der Waals surface area contributed by atoms with E-state index in [1.165, 1.54) is 0 Å². The first-order valence-corrected chi connectivity index (χ1v) is 24.8. The summed E-state index contributed by atoms with van der Waals surface area (Å²) in [6.07, 6.45) is 0. The fourth-order valence-corrected chi connectivity index (χ4v) is 6.81. The first-order valence-electron chi connectivity index (χ1n) is 24.8. The van der Waals surface area contributed by atoms with Crippen molar-refractivity contribution in [3.63, 3.8) is 0 Å². The Hall–Kier alpha value is -5.61. The van der Waals surface area contributed by atoms with Gasteiger partial charge in [-0.3, -0.25) is 53.4 Å². The Labute approximate surface area is 435 Å². The Morgan fingerprint density at radius 1 is 0.397 bits per heavy atom. The van der Waals surface area contributed by atoms with Gasteiger partial charge in [0.15, 0.2) is 0 Å². The molecule has 0 fully saturated rings. The molecule has 0 atom stereocenters. The summed E-state index contributed by atoms with van der Waals surface area (Å²) in [7, 11) is 0. The second-order valence-electron chi connectivity index (χ2n) is 24.1. The van der Waals surface area contributed by atoms with E-state index in [1.54, 1.807) is 181 Å². The Balaban J connectivity index is 2.74. The van der Waals surface area contributed by atoms with Crippen molar-refractivity contribution in [3.8, 4) is 11.8 Å². The number of carbonyl (C=O) groups excluding carboxylic acids is 6. The van der Waals surface area contributed by atoms with Crippen LogP contribution in [0.1, 0.15) is 147 Å². The fraction of sp³-hybridized carbons (Fsp3) is 0.655. The minimum atomic E-state index is -0.793. The van der Waals surface area contributed by atoms with Crippen molar-refractivity contribution in [2.75, 3.05) is 71.2 Å². The lowest BCUT2D eigenvalue weighted by Crippen LogP contribution is -2.45. The summed E-state index contributed by atoms with van der Waals surface area (Å²) in [5, 5.41) is 0. The summed E-state index contributed by atoms with van der Waals surface area (Å²) in [6.45, 7) is 31.2. The van der Waals surface area contributed by atoms with Gasteiger partial charge in [0.1, 0.15) is 33.6 Å². The molecule has 408 valence electrons. The number of carbonyl (C=O) groups is 6. The summed E-state index contributed by atoms with van der Waals surface area (Å²) < 4.78 is 34.0. The van der Waals surface area contributed by atoms with E-state index < -0.39 is 69.4 Å². The van der Waals surface area contributed by atoms with Gasteiger partial charge in [-0.2, -0.15) is 0 Å². The lowest BCUT2D eigenvalue weighted by atomic mass is 10.1. The number of hydrogen-bond acceptors (Lipinski definition) is 18. The van der Waals surface area contributed by atoms with Gasteiger partial charge < -0.3 is 34.2 Å². The molecule has 1 aromatic carbocycles. The predicted octanol–water partition coefficient (Wildman–Crippen LogP) is 6.32. The zero-order valence-electron chi connectivity index (χ0n) is 47.2. The maximum atomic E-state index is 13.5. The van der Waals surface area contributed by atoms with Crippen LogP contribution in [0.15, 0.2) is 36.4 Å². The van der Waals surface area contributed by atoms with E-state index in [9.17, 15) is 28.8 Å². The number of ether oxygens (including phenoxy) is 6. The molecular weight excluding hydrogens is 937 g/mol. The van der Waals surface area contributed by atoms with E-state index in [-0.39, 0.29) is 78.5 Å². The largest absolute Gasteiger partial charge is 0.459 e. The second kappa shape index (κ2) is 27.1. The van der Waals surface area contributed by atoms with Crippen LogP contribution in [-0.2, 0) is 70.3 Å². The van der Waals surface area contributed by atoms with Crippen LogP contribution in [0.2, 0.25) is 0 Å². The number of aromatic nitrogens is 1. The van der Waals surface area contributed by atoms with Gasteiger partial charge in [-0.25, -0.2) is 0 Å². The van der Waals surface area contributed by atoms with Gasteiger partial charge in [-0.05, 0) is 161 Å². The molecule has 73 heavy (non-hydrogen) atoms. The average Bonchev–Trinajstić information content (AvgIpc) is 3.14. The number of nitrogen functional groups attached to an aromatic ring is 1. The van der Waals surface area contributed by atoms with Crippen LogP contribution < -0.4 is 5.73 Å². The predicted molar refractivity (Wildman–Crippen MR) is 280 cm³/mol. The van der Waals surface area contributed by atoms with E-state index in [0.29, 0.717) is 28.2 Å². The Kier molecular flexibility index (Phi) is 23.6. The zero-order valence-corrected chi connectivity index (χ0v) is 47.2. The molecule has 0 radical (unpaired) electrons. The first kappa shape index (κ1) is 63.5. The Morgan fingerprint density at radius 3 is 0.890 bits per heavy atom. The van der Waals surface area contributed by atoms with Gasteiger partial charge in [0.25, 0.3) is 0 Å². The van der Waals surface area contributed by atoms with Crippen molar-refractivity contribution in [1.82, 2.24) is 24.6 Å². The lowest BCUT2D eigenvalue weighted by molar-refractivity contribution is -0.162. The van der Waals surface area contributed by atoms with Crippen molar-refractivity contribution in [2.24, 2.45) is 0 Å². The summed E-state index contributed by atoms with van der Waals surface area (Å²) in [5.41, 5.74) is 4.13. The molecule has 1 heterocycles. The van der Waals surface area contributed by atoms with Gasteiger partial charge in [0.05, 0.1) is 50.7 Å². The molecule has 0 saturated carbocycles. The number of anilines is 1. The summed E-state index contributed by atoms with van der Waals surface area (Å²) >= 11 is 0. The number of hydrogen-bond donors (Lipinski definition) is 1. The maximum absolute atomic E-state index is 13.5. The second-order valence-corrected chi connectivity index (χ2v) is 24.1. The molecule has 0 spiro atoms. The topological polar surface area (TPSA) is 210 Å². The quantitative estimate of drug-likeness (QED) is 0.0592. The SMILES string of the molecule is CC(C)(C)OC(=O)CN(CCN(CC(=O)OC(C)(C)C)Cc1cc(C#Cc2ccc(N)cc2)cc(CN(CCN(CC(=O)OC(C)(C)C)CC(=O)OC(C)(C)C)CC(=O)OC(C)(C)C)n1)CC(=O)OC(C)(C)C. The van der Waals surface area contributed by atoms with Crippen molar-refractivity contribution < 1.29 is 57.2 Å². The molecule has 18 heteroatoms. The van der Waals surface area contributed by atoms with Gasteiger partial charge in [0.2, 0.25) is 0 Å². The van der Waals surface area contributed by atoms with Gasteiger partial charge >= 0.3 is 35.8 Å². The molecule has 0 saturated heterocycles. The molecule has 2 N–H and O–H groups in total. The van der Waals surface area contributed by atoms with Crippen LogP contribution in [0.3, 0.4) is 0 Å². The van der Waals surface area contributed by atoms with Crippen molar-refractivity contribution in [2.45, 2.75) is 171 Å². The zero-order chi connectivity index (χ0) is 55.8. The molecule has 1 aromatic heterocycles. The molecule has 2 rings (SSSR count). The maximum Gasteiger partial charge on any atom is 0.320 e. The van der Waals surface area contributed by atoms with E-state index in [1.807, 2.05) is 0 Å². The summed E-state index contributed by atoms with van der Waals surface area (Å²) in [4.78, 5) is 91.6. The lowest BCUT2D eigenvalue weighted by Gasteiger charge is -2.30. The number of benzene rings is 1. The van der Waals surface area contributed by atoms with E-state index in [2.05, 4.69) is 11.8 Å². The van der Waals surface area contributed by atoms with Crippen LogP contribution in [0.4, 0.5) is 5.69 Å². The third-order valence-corrected chi connectivity index (χ3v) is 9.07. The van der Waals surface area contributed by atoms with Gasteiger partial charge in [-0.15, -0.1) is 0 Å². The van der Waals surface area contributed by atoms with E-state index >= 15 is 0 Å². The standard InChI is InChI=1S/C55H86N6O12/c1-50(2,3)68-44(62)33-58(25-27-60(35-46(64)70-52(7,8)9)36-47(65)71-53(10,11)12)31-42-29-40(20-19-39-21-23-41(56)24-22-39)30-43(57-42)32-59(34-45(63)69-51(4,5)6)26-28-61(37-48(66)72-54(13,14)15)38-49(67)73-55(16,17)18/h21-24,29-30H,25-28,31-38,56H2,1-18H3. The van der Waals surface area contributed by atoms with Crippen molar-refractivity contribution >= 4 is 41.5 Å². The van der Waals surface area contributed by atoms with Crippen LogP contribution in [0.25, 0.3) is 0 Å².